The number of aromatic carboxylic acids is 1. The van der Waals surface area contributed by atoms with Crippen molar-refractivity contribution in [2.24, 2.45) is 0 Å². The first-order valence-electron chi connectivity index (χ1n) is 20.5. The van der Waals surface area contributed by atoms with E-state index in [-0.39, 0.29) is 39.2 Å². The van der Waals surface area contributed by atoms with Crippen LogP contribution in [0.3, 0.4) is 0 Å². The Morgan fingerprint density at radius 1 is 0.483 bits per heavy atom. The molecular formula is C53H55B2IrN2O2-. The van der Waals surface area contributed by atoms with E-state index in [2.05, 4.69) is 173 Å². The van der Waals surface area contributed by atoms with Gasteiger partial charge in [-0.1, -0.05) is 161 Å². The molecule has 1 N–H and O–H groups in total. The molecule has 0 spiro atoms. The predicted molar refractivity (Wildman–Crippen MR) is 252 cm³/mol. The fourth-order valence-electron chi connectivity index (χ4n) is 9.58. The zero-order chi connectivity index (χ0) is 42.7. The van der Waals surface area contributed by atoms with Gasteiger partial charge in [-0.25, -0.2) is 9.78 Å². The van der Waals surface area contributed by atoms with E-state index >= 15 is 0 Å². The Balaban J connectivity index is 0.000000605. The van der Waals surface area contributed by atoms with Crippen molar-refractivity contribution < 1.29 is 30.0 Å². The summed E-state index contributed by atoms with van der Waals surface area (Å²) >= 11 is 0. The second-order valence-corrected chi connectivity index (χ2v) is 16.6. The van der Waals surface area contributed by atoms with Crippen LogP contribution in [0.5, 0.6) is 0 Å². The molecular weight excluding hydrogens is 910 g/mol. The van der Waals surface area contributed by atoms with Gasteiger partial charge in [-0.15, -0.1) is 35.3 Å². The average molecular weight is 966 g/mol. The van der Waals surface area contributed by atoms with Crippen LogP contribution in [0.4, 0.5) is 0 Å². The largest absolute Gasteiger partial charge is 0.477 e. The fraction of sp³-hybridized carbons (Fsp3) is 0.226. The summed E-state index contributed by atoms with van der Waals surface area (Å²) in [6, 6.07) is 38.3. The van der Waals surface area contributed by atoms with Crippen molar-refractivity contribution in [1.82, 2.24) is 9.97 Å². The zero-order valence-electron chi connectivity index (χ0n) is 37.1. The first-order valence-corrected chi connectivity index (χ1v) is 20.5. The summed E-state index contributed by atoms with van der Waals surface area (Å²) in [7, 11) is 0. The van der Waals surface area contributed by atoms with E-state index in [1.54, 1.807) is 12.1 Å². The van der Waals surface area contributed by atoms with Crippen molar-refractivity contribution >= 4 is 52.2 Å². The molecule has 0 aliphatic carbocycles. The Kier molecular flexibility index (Phi) is 14.8. The third-order valence-corrected chi connectivity index (χ3v) is 11.6. The smallest absolute Gasteiger partial charge is 0.354 e. The summed E-state index contributed by atoms with van der Waals surface area (Å²) in [5.41, 5.74) is 26.0. The van der Waals surface area contributed by atoms with Gasteiger partial charge in [-0.3, -0.25) is 0 Å². The molecule has 0 fully saturated rings. The number of carboxylic acid groups (broad SMARTS) is 1. The van der Waals surface area contributed by atoms with Crippen LogP contribution >= 0.6 is 0 Å². The van der Waals surface area contributed by atoms with Crippen LogP contribution in [0.1, 0.15) is 77.2 Å². The Labute approximate surface area is 372 Å². The van der Waals surface area contributed by atoms with E-state index < -0.39 is 5.97 Å². The Bertz CT molecular complexity index is 2470. The average Bonchev–Trinajstić information content (AvgIpc) is 3.16. The van der Waals surface area contributed by atoms with Crippen LogP contribution in [0.15, 0.2) is 109 Å². The predicted octanol–water partition coefficient (Wildman–Crippen LogP) is 8.06. The van der Waals surface area contributed by atoms with Gasteiger partial charge in [0.15, 0.2) is 6.71 Å². The molecule has 0 atom stereocenters. The number of carboxylic acids is 1. The molecule has 305 valence electrons. The maximum Gasteiger partial charge on any atom is 0.354 e. The number of pyridine rings is 2. The summed E-state index contributed by atoms with van der Waals surface area (Å²) in [5.74, 6) is -0.990. The molecule has 7 heteroatoms. The number of hydrogen-bond acceptors (Lipinski definition) is 3. The van der Waals surface area contributed by atoms with E-state index in [9.17, 15) is 4.79 Å². The molecule has 4 nitrogen and oxygen atoms in total. The topological polar surface area (TPSA) is 63.1 Å². The van der Waals surface area contributed by atoms with Gasteiger partial charge in [-0.2, -0.15) is 0 Å². The number of aromatic nitrogens is 2. The minimum Gasteiger partial charge on any atom is -0.477 e. The first kappa shape index (κ1) is 45.7. The van der Waals surface area contributed by atoms with Gasteiger partial charge in [0.1, 0.15) is 5.69 Å². The second-order valence-electron chi connectivity index (χ2n) is 16.6. The van der Waals surface area contributed by atoms with Crippen molar-refractivity contribution in [3.63, 3.8) is 0 Å². The maximum atomic E-state index is 10.1. The summed E-state index contributed by atoms with van der Waals surface area (Å²) < 4.78 is 0. The molecule has 1 radical (unpaired) electrons. The van der Waals surface area contributed by atoms with E-state index in [1.165, 1.54) is 112 Å². The Hall–Kier alpha value is -5.35. The van der Waals surface area contributed by atoms with Crippen molar-refractivity contribution in [2.45, 2.75) is 83.1 Å². The minimum absolute atomic E-state index is 0. The molecule has 0 amide bonds. The second kappa shape index (κ2) is 19.4. The summed E-state index contributed by atoms with van der Waals surface area (Å²) in [5, 5.41) is 8.32. The SMILES string of the molecule is Cc1cc(C)c(B(c2c[c-]c(-c3cc(B(c4c(C)cc(C)cc4C)c4c(C)cc(C)cc4C)ccn3)cc2)c2c(C)cc(C)cc2C)c(C)c1.O=C(O)c1ccccn1.[Ir]. The monoisotopic (exact) mass is 966 g/mol. The van der Waals surface area contributed by atoms with Crippen LogP contribution in [-0.4, -0.2) is 34.5 Å². The number of benzene rings is 5. The standard InChI is InChI=1S/C47H50B2N.C6H5NO2.Ir/c1-28-19-32(5)44(33(6)20-28)48(45-34(7)21-29(2)22-35(45)8)41-15-13-40(14-16-41)43-27-42(17-18-50-43)49(46-36(9)23-30(3)24-37(46)10)47-38(11)25-31(4)26-39(47)12;8-6(9)5-3-1-2-4-7-5;/h13,15-27H,1-12H3;1-4H,(H,8,9);/q-1;;. The van der Waals surface area contributed by atoms with Gasteiger partial charge in [0.25, 0.3) is 0 Å². The van der Waals surface area contributed by atoms with Crippen molar-refractivity contribution in [2.75, 3.05) is 0 Å². The Morgan fingerprint density at radius 3 is 1.20 bits per heavy atom. The van der Waals surface area contributed by atoms with Gasteiger partial charge in [0.2, 0.25) is 6.71 Å². The van der Waals surface area contributed by atoms with E-state index in [0.29, 0.717) is 0 Å². The minimum atomic E-state index is -0.990. The molecule has 2 heterocycles. The van der Waals surface area contributed by atoms with Gasteiger partial charge >= 0.3 is 5.97 Å². The van der Waals surface area contributed by atoms with Crippen LogP contribution in [0.2, 0.25) is 0 Å². The van der Waals surface area contributed by atoms with Crippen LogP contribution < -0.4 is 32.8 Å². The third kappa shape index (κ3) is 9.98. The van der Waals surface area contributed by atoms with E-state index in [4.69, 9.17) is 10.1 Å². The maximum absolute atomic E-state index is 10.1. The number of rotatable bonds is 8. The van der Waals surface area contributed by atoms with E-state index in [1.807, 2.05) is 6.20 Å². The molecule has 60 heavy (non-hydrogen) atoms. The molecule has 0 aliphatic rings. The van der Waals surface area contributed by atoms with Gasteiger partial charge < -0.3 is 10.1 Å². The van der Waals surface area contributed by atoms with Gasteiger partial charge in [-0.05, 0) is 101 Å². The normalized spacial score (nSPS) is 10.7. The third-order valence-electron chi connectivity index (χ3n) is 11.6. The first-order chi connectivity index (χ1) is 28.0. The number of aryl methyl sites for hydroxylation is 12. The van der Waals surface area contributed by atoms with Crippen LogP contribution in [0, 0.1) is 89.2 Å². The molecule has 5 aromatic carbocycles. The van der Waals surface area contributed by atoms with E-state index in [0.717, 1.165) is 11.3 Å². The van der Waals surface area contributed by atoms with Crippen molar-refractivity contribution in [1.29, 1.82) is 0 Å². The quantitative estimate of drug-likeness (QED) is 0.124. The molecule has 0 aliphatic heterocycles. The number of hydrogen-bond donors (Lipinski definition) is 1. The summed E-state index contributed by atoms with van der Waals surface area (Å²) in [6.45, 7) is 27.1. The molecule has 7 rings (SSSR count). The molecule has 0 saturated carbocycles. The van der Waals surface area contributed by atoms with Gasteiger partial charge in [0, 0.05) is 32.5 Å². The number of carbonyl (C=O) groups is 1. The summed E-state index contributed by atoms with van der Waals surface area (Å²) in [4.78, 5) is 18.6. The number of nitrogens with zero attached hydrogens (tertiary/aromatic N) is 2. The zero-order valence-corrected chi connectivity index (χ0v) is 39.5. The van der Waals surface area contributed by atoms with Crippen molar-refractivity contribution in [3.8, 4) is 11.3 Å². The molecule has 7 aromatic rings. The van der Waals surface area contributed by atoms with Crippen LogP contribution in [0.25, 0.3) is 11.3 Å². The molecule has 0 saturated heterocycles. The van der Waals surface area contributed by atoms with Crippen molar-refractivity contribution in [3.05, 3.63) is 188 Å². The summed E-state index contributed by atoms with van der Waals surface area (Å²) in [6.07, 6.45) is 3.43. The van der Waals surface area contributed by atoms with Gasteiger partial charge in [0.05, 0.1) is 0 Å². The molecule has 0 bridgehead atoms. The van der Waals surface area contributed by atoms with Crippen LogP contribution in [-0.2, 0) is 20.1 Å². The Morgan fingerprint density at radius 2 is 0.883 bits per heavy atom. The fourth-order valence-corrected chi connectivity index (χ4v) is 9.58. The molecule has 2 aromatic heterocycles. The molecule has 0 unspecified atom stereocenters.